The molecule has 4 rings (SSSR count). The highest BCUT2D eigenvalue weighted by molar-refractivity contribution is 5.78. The number of ether oxygens (including phenoxy) is 1. The maximum atomic E-state index is 12.0. The molecule has 1 amide bonds. The second-order valence-corrected chi connectivity index (χ2v) is 8.78. The summed E-state index contributed by atoms with van der Waals surface area (Å²) in [4.78, 5) is 25.5. The first kappa shape index (κ1) is 21.4. The molecule has 3 heterocycles. The van der Waals surface area contributed by atoms with E-state index in [0.29, 0.717) is 6.54 Å². The van der Waals surface area contributed by atoms with Crippen LogP contribution in [0.4, 0.5) is 11.5 Å². The number of aromatic nitrogens is 2. The van der Waals surface area contributed by atoms with Gasteiger partial charge in [-0.15, -0.1) is 0 Å². The van der Waals surface area contributed by atoms with Gasteiger partial charge in [0.2, 0.25) is 5.91 Å². The fourth-order valence-corrected chi connectivity index (χ4v) is 4.04. The van der Waals surface area contributed by atoms with Gasteiger partial charge < -0.3 is 20.3 Å². The summed E-state index contributed by atoms with van der Waals surface area (Å²) in [6, 6.07) is 8.44. The second kappa shape index (κ2) is 9.09. The van der Waals surface area contributed by atoms with Gasteiger partial charge in [-0.05, 0) is 45.9 Å². The van der Waals surface area contributed by atoms with Crippen molar-refractivity contribution in [2.45, 2.75) is 45.9 Å². The molecule has 2 aromatic rings. The van der Waals surface area contributed by atoms with E-state index < -0.39 is 0 Å². The first-order chi connectivity index (χ1) is 14.9. The highest BCUT2D eigenvalue weighted by Gasteiger charge is 2.29. The standard InChI is InChI=1S/C23H32N6O2/c1-15(2)26-22(30)13-28-7-9-29(10-8-28)21-12-20(24-14-25-21)23-18-11-17(31-16(3)4)5-6-19(18)27-23/h5-6,11-12,14-16,23,27H,7-10,13H2,1-4H3,(H,26,30). The van der Waals surface area contributed by atoms with Crippen LogP contribution >= 0.6 is 0 Å². The van der Waals surface area contributed by atoms with Crippen LogP contribution in [0.15, 0.2) is 30.6 Å². The van der Waals surface area contributed by atoms with Gasteiger partial charge >= 0.3 is 0 Å². The van der Waals surface area contributed by atoms with Gasteiger partial charge in [-0.3, -0.25) is 9.69 Å². The van der Waals surface area contributed by atoms with Crippen molar-refractivity contribution in [3.8, 4) is 5.75 Å². The number of hydrogen-bond acceptors (Lipinski definition) is 7. The lowest BCUT2D eigenvalue weighted by molar-refractivity contribution is -0.122. The normalized spacial score (nSPS) is 18.4. The maximum Gasteiger partial charge on any atom is 0.234 e. The van der Waals surface area contributed by atoms with E-state index in [1.165, 1.54) is 5.56 Å². The van der Waals surface area contributed by atoms with Crippen molar-refractivity contribution in [2.75, 3.05) is 42.9 Å². The average Bonchev–Trinajstić information content (AvgIpc) is 2.70. The fourth-order valence-electron chi connectivity index (χ4n) is 4.04. The molecule has 1 fully saturated rings. The topological polar surface area (TPSA) is 82.6 Å². The SMILES string of the molecule is CC(C)NC(=O)CN1CCN(c2cc(C3Nc4ccc(OC(C)C)cc43)ncn2)CC1. The van der Waals surface area contributed by atoms with E-state index in [4.69, 9.17) is 4.74 Å². The fraction of sp³-hybridized carbons (Fsp3) is 0.522. The van der Waals surface area contributed by atoms with Crippen molar-refractivity contribution in [1.29, 1.82) is 0 Å². The number of rotatable bonds is 7. The number of anilines is 2. The van der Waals surface area contributed by atoms with Gasteiger partial charge in [0.05, 0.1) is 24.4 Å². The third-order valence-electron chi connectivity index (χ3n) is 5.49. The molecule has 1 unspecified atom stereocenters. The summed E-state index contributed by atoms with van der Waals surface area (Å²) >= 11 is 0. The molecule has 0 saturated carbocycles. The molecular weight excluding hydrogens is 392 g/mol. The van der Waals surface area contributed by atoms with Crippen LogP contribution in [-0.2, 0) is 4.79 Å². The smallest absolute Gasteiger partial charge is 0.234 e. The molecule has 2 aliphatic heterocycles. The van der Waals surface area contributed by atoms with Crippen molar-refractivity contribution in [2.24, 2.45) is 0 Å². The van der Waals surface area contributed by atoms with E-state index in [1.807, 2.05) is 33.8 Å². The maximum absolute atomic E-state index is 12.0. The monoisotopic (exact) mass is 424 g/mol. The van der Waals surface area contributed by atoms with Gasteiger partial charge in [-0.1, -0.05) is 0 Å². The number of carbonyl (C=O) groups excluding carboxylic acids is 1. The molecule has 0 aliphatic carbocycles. The largest absolute Gasteiger partial charge is 0.491 e. The van der Waals surface area contributed by atoms with E-state index in [-0.39, 0.29) is 24.1 Å². The van der Waals surface area contributed by atoms with Gasteiger partial charge in [-0.25, -0.2) is 9.97 Å². The lowest BCUT2D eigenvalue weighted by Gasteiger charge is -2.36. The quantitative estimate of drug-likeness (QED) is 0.706. The Morgan fingerprint density at radius 1 is 1.16 bits per heavy atom. The van der Waals surface area contributed by atoms with E-state index in [1.54, 1.807) is 6.33 Å². The molecule has 8 nitrogen and oxygen atoms in total. The highest BCUT2D eigenvalue weighted by Crippen LogP contribution is 2.42. The van der Waals surface area contributed by atoms with Crippen LogP contribution in [0.3, 0.4) is 0 Å². The molecule has 0 radical (unpaired) electrons. The number of nitrogens with zero attached hydrogens (tertiary/aromatic N) is 4. The van der Waals surface area contributed by atoms with Crippen molar-refractivity contribution in [3.63, 3.8) is 0 Å². The zero-order valence-corrected chi connectivity index (χ0v) is 18.8. The van der Waals surface area contributed by atoms with Gasteiger partial charge in [0.1, 0.15) is 17.9 Å². The number of piperazine rings is 1. The van der Waals surface area contributed by atoms with Crippen molar-refractivity contribution in [1.82, 2.24) is 20.2 Å². The molecular formula is C23H32N6O2. The van der Waals surface area contributed by atoms with Crippen LogP contribution in [0.25, 0.3) is 0 Å². The molecule has 2 aliphatic rings. The zero-order chi connectivity index (χ0) is 22.0. The predicted molar refractivity (Wildman–Crippen MR) is 122 cm³/mol. The number of benzene rings is 1. The Hall–Kier alpha value is -2.87. The highest BCUT2D eigenvalue weighted by atomic mass is 16.5. The van der Waals surface area contributed by atoms with E-state index in [0.717, 1.165) is 49.1 Å². The third-order valence-corrected chi connectivity index (χ3v) is 5.49. The Balaban J connectivity index is 1.38. The minimum Gasteiger partial charge on any atom is -0.491 e. The zero-order valence-electron chi connectivity index (χ0n) is 18.8. The average molecular weight is 425 g/mol. The number of amides is 1. The van der Waals surface area contributed by atoms with Crippen LogP contribution in [0.2, 0.25) is 0 Å². The van der Waals surface area contributed by atoms with E-state index in [2.05, 4.69) is 48.6 Å². The van der Waals surface area contributed by atoms with Crippen LogP contribution < -0.4 is 20.3 Å². The summed E-state index contributed by atoms with van der Waals surface area (Å²) in [5, 5.41) is 6.43. The summed E-state index contributed by atoms with van der Waals surface area (Å²) in [5.41, 5.74) is 3.27. The minimum atomic E-state index is 0.0495. The summed E-state index contributed by atoms with van der Waals surface area (Å²) in [6.45, 7) is 11.8. The minimum absolute atomic E-state index is 0.0495. The number of hydrogen-bond donors (Lipinski definition) is 2. The first-order valence-electron chi connectivity index (χ1n) is 11.0. The Morgan fingerprint density at radius 2 is 1.94 bits per heavy atom. The number of nitrogens with one attached hydrogen (secondary N) is 2. The van der Waals surface area contributed by atoms with Crippen molar-refractivity contribution < 1.29 is 9.53 Å². The summed E-state index contributed by atoms with van der Waals surface area (Å²) in [7, 11) is 0. The lowest BCUT2D eigenvalue weighted by atomic mass is 9.93. The lowest BCUT2D eigenvalue weighted by Crippen LogP contribution is -2.50. The molecule has 1 saturated heterocycles. The van der Waals surface area contributed by atoms with E-state index in [9.17, 15) is 4.79 Å². The van der Waals surface area contributed by atoms with Gasteiger partial charge in [-0.2, -0.15) is 0 Å². The molecule has 31 heavy (non-hydrogen) atoms. The second-order valence-electron chi connectivity index (χ2n) is 8.78. The Kier molecular flexibility index (Phi) is 6.27. The summed E-state index contributed by atoms with van der Waals surface area (Å²) in [6.07, 6.45) is 1.78. The van der Waals surface area contributed by atoms with Crippen LogP contribution in [-0.4, -0.2) is 65.6 Å². The van der Waals surface area contributed by atoms with Crippen LogP contribution in [0, 0.1) is 0 Å². The first-order valence-corrected chi connectivity index (χ1v) is 11.0. The predicted octanol–water partition coefficient (Wildman–Crippen LogP) is 2.43. The Bertz CT molecular complexity index is 924. The molecule has 0 bridgehead atoms. The molecule has 1 aromatic heterocycles. The molecule has 1 aromatic carbocycles. The Morgan fingerprint density at radius 3 is 2.65 bits per heavy atom. The molecule has 0 spiro atoms. The van der Waals surface area contributed by atoms with Crippen LogP contribution in [0.1, 0.15) is 45.0 Å². The van der Waals surface area contributed by atoms with E-state index >= 15 is 0 Å². The van der Waals surface area contributed by atoms with Gasteiger partial charge in [0.15, 0.2) is 0 Å². The van der Waals surface area contributed by atoms with Crippen molar-refractivity contribution >= 4 is 17.4 Å². The van der Waals surface area contributed by atoms with Crippen molar-refractivity contribution in [3.05, 3.63) is 41.9 Å². The number of fused-ring (bicyclic) bond motifs is 1. The molecule has 166 valence electrons. The third kappa shape index (κ3) is 5.07. The summed E-state index contributed by atoms with van der Waals surface area (Å²) < 4.78 is 5.84. The van der Waals surface area contributed by atoms with Gasteiger partial charge in [0.25, 0.3) is 0 Å². The molecule has 2 N–H and O–H groups in total. The van der Waals surface area contributed by atoms with Gasteiger partial charge in [0, 0.05) is 49.5 Å². The molecule has 1 atom stereocenters. The Labute approximate surface area is 184 Å². The molecule has 8 heteroatoms. The van der Waals surface area contributed by atoms with Crippen LogP contribution in [0.5, 0.6) is 5.75 Å². The summed E-state index contributed by atoms with van der Waals surface area (Å²) in [5.74, 6) is 1.90. The number of carbonyl (C=O) groups is 1.